The number of amides is 4. The van der Waals surface area contributed by atoms with E-state index in [0.29, 0.717) is 95.2 Å². The van der Waals surface area contributed by atoms with Gasteiger partial charge in [-0.1, -0.05) is 57.5 Å². The van der Waals surface area contributed by atoms with Crippen molar-refractivity contribution in [2.24, 2.45) is 5.41 Å². The van der Waals surface area contributed by atoms with Crippen LogP contribution in [0.5, 0.6) is 0 Å². The Bertz CT molecular complexity index is 2830. The maximum atomic E-state index is 14.0. The quantitative estimate of drug-likeness (QED) is 0.0496. The molecule has 0 radical (unpaired) electrons. The number of hydrogen-bond donors (Lipinski definition) is 5. The number of piperazine rings is 1. The lowest BCUT2D eigenvalue weighted by atomic mass is 9.85. The van der Waals surface area contributed by atoms with Crippen LogP contribution in [0.15, 0.2) is 89.4 Å². The molecule has 2 aliphatic heterocycles. The van der Waals surface area contributed by atoms with E-state index in [1.807, 2.05) is 93.6 Å². The Kier molecular flexibility index (Phi) is 17.6. The van der Waals surface area contributed by atoms with E-state index >= 15 is 0 Å². The number of sulfonamides is 1. The summed E-state index contributed by atoms with van der Waals surface area (Å²) in [6.07, 6.45) is 5.58. The molecular formula is C54H71N11O6S2. The van der Waals surface area contributed by atoms with Crippen molar-refractivity contribution >= 4 is 73.8 Å². The Balaban J connectivity index is 0.806. The highest BCUT2D eigenvalue weighted by atomic mass is 32.2. The molecule has 2 atom stereocenters. The minimum Gasteiger partial charge on any atom is -0.368 e. The van der Waals surface area contributed by atoms with Crippen molar-refractivity contribution in [2.75, 3.05) is 48.3 Å². The van der Waals surface area contributed by atoms with Gasteiger partial charge in [-0.25, -0.2) is 23.1 Å². The summed E-state index contributed by atoms with van der Waals surface area (Å²) < 4.78 is 28.6. The fourth-order valence-corrected chi connectivity index (χ4v) is 11.3. The molecule has 2 saturated heterocycles. The molecule has 2 fully saturated rings. The lowest BCUT2D eigenvalue weighted by molar-refractivity contribution is -0.144. The number of benzene rings is 3. The number of likely N-dealkylation sites (tertiary alicyclic amines) is 1. The molecule has 5 N–H and O–H groups in total. The molecule has 2 aromatic heterocycles. The van der Waals surface area contributed by atoms with Gasteiger partial charge in [-0.05, 0) is 119 Å². The zero-order chi connectivity index (χ0) is 52.5. The number of thiazole rings is 1. The second-order valence-electron chi connectivity index (χ2n) is 21.1. The molecule has 4 amide bonds. The Morgan fingerprint density at radius 3 is 2.19 bits per heavy atom. The number of nitrogens with one attached hydrogen (secondary N) is 5. The van der Waals surface area contributed by atoms with Crippen molar-refractivity contribution in [3.63, 3.8) is 0 Å². The largest absolute Gasteiger partial charge is 0.368 e. The molecule has 4 heterocycles. The summed E-state index contributed by atoms with van der Waals surface area (Å²) in [7, 11) is -3.72. The van der Waals surface area contributed by atoms with Crippen molar-refractivity contribution < 1.29 is 27.6 Å². The first-order valence-corrected chi connectivity index (χ1v) is 27.5. The van der Waals surface area contributed by atoms with Crippen LogP contribution in [0.2, 0.25) is 0 Å². The average molecular weight is 1030 g/mol. The van der Waals surface area contributed by atoms with E-state index in [1.165, 1.54) is 0 Å². The van der Waals surface area contributed by atoms with Gasteiger partial charge in [0.2, 0.25) is 39.6 Å². The van der Waals surface area contributed by atoms with Gasteiger partial charge in [0.25, 0.3) is 0 Å². The zero-order valence-corrected chi connectivity index (χ0v) is 45.0. The van der Waals surface area contributed by atoms with Gasteiger partial charge in [-0.2, -0.15) is 4.98 Å². The minimum absolute atomic E-state index is 0.105. The van der Waals surface area contributed by atoms with Crippen LogP contribution < -0.4 is 30.9 Å². The van der Waals surface area contributed by atoms with Gasteiger partial charge in [-0.3, -0.25) is 19.2 Å². The third-order valence-electron chi connectivity index (χ3n) is 12.9. The molecule has 0 spiro atoms. The van der Waals surface area contributed by atoms with Gasteiger partial charge in [0, 0.05) is 86.5 Å². The van der Waals surface area contributed by atoms with Crippen molar-refractivity contribution in [2.45, 2.75) is 129 Å². The minimum atomic E-state index is -3.72. The first-order valence-electron chi connectivity index (χ1n) is 25.1. The van der Waals surface area contributed by atoms with Gasteiger partial charge in [0.1, 0.15) is 17.9 Å². The smallest absolute Gasteiger partial charge is 0.246 e. The summed E-state index contributed by atoms with van der Waals surface area (Å²) in [5.41, 5.74) is 6.86. The van der Waals surface area contributed by atoms with Crippen molar-refractivity contribution in [3.8, 4) is 10.4 Å². The van der Waals surface area contributed by atoms with Crippen molar-refractivity contribution in [1.29, 1.82) is 0 Å². The molecule has 7 rings (SSSR count). The van der Waals surface area contributed by atoms with Crippen molar-refractivity contribution in [3.05, 3.63) is 101 Å². The monoisotopic (exact) mass is 1030 g/mol. The van der Waals surface area contributed by atoms with Gasteiger partial charge in [-0.15, -0.1) is 11.3 Å². The van der Waals surface area contributed by atoms with Crippen LogP contribution in [0.3, 0.4) is 0 Å². The number of aromatic nitrogens is 3. The zero-order valence-electron chi connectivity index (χ0n) is 43.4. The van der Waals surface area contributed by atoms with E-state index in [9.17, 15) is 27.6 Å². The van der Waals surface area contributed by atoms with Crippen LogP contribution in [0, 0.1) is 19.3 Å². The molecule has 2 aliphatic rings. The number of aryl methyl sites for hydroxylation is 2. The fraction of sp³-hybridized carbons (Fsp3) is 0.463. The lowest BCUT2D eigenvalue weighted by Crippen LogP contribution is -2.57. The van der Waals surface area contributed by atoms with Gasteiger partial charge >= 0.3 is 0 Å². The predicted molar refractivity (Wildman–Crippen MR) is 288 cm³/mol. The third kappa shape index (κ3) is 14.8. The maximum absolute atomic E-state index is 14.0. The Hall–Kier alpha value is -6.44. The molecule has 0 aliphatic carbocycles. The molecule has 0 bridgehead atoms. The highest BCUT2D eigenvalue weighted by molar-refractivity contribution is 7.89. The predicted octanol–water partition coefficient (Wildman–Crippen LogP) is 8.22. The van der Waals surface area contributed by atoms with E-state index in [2.05, 4.69) is 45.8 Å². The Morgan fingerprint density at radius 2 is 1.52 bits per heavy atom. The van der Waals surface area contributed by atoms with Crippen LogP contribution in [0.25, 0.3) is 10.4 Å². The number of carbonyl (C=O) groups is 4. The number of hydrogen-bond acceptors (Lipinski definition) is 13. The van der Waals surface area contributed by atoms with Gasteiger partial charge in [0.15, 0.2) is 0 Å². The molecule has 17 nitrogen and oxygen atoms in total. The van der Waals surface area contributed by atoms with E-state index in [1.54, 1.807) is 67.5 Å². The molecule has 73 heavy (non-hydrogen) atoms. The molecule has 3 aromatic carbocycles. The first-order chi connectivity index (χ1) is 34.6. The fourth-order valence-electron chi connectivity index (χ4n) is 8.97. The molecule has 5 aromatic rings. The van der Waals surface area contributed by atoms with E-state index in [0.717, 1.165) is 38.6 Å². The number of nitrogens with zero attached hydrogens (tertiary/aromatic N) is 6. The highest BCUT2D eigenvalue weighted by Crippen LogP contribution is 2.30. The van der Waals surface area contributed by atoms with Gasteiger partial charge in [0.05, 0.1) is 21.0 Å². The molecule has 390 valence electrons. The van der Waals surface area contributed by atoms with Crippen LogP contribution in [-0.2, 0) is 35.7 Å². The number of unbranched alkanes of at least 4 members (excludes halogenated alkanes) is 2. The summed E-state index contributed by atoms with van der Waals surface area (Å²) in [5.74, 6) is 0.364. The SMILES string of the molecule is Cc1cnc(Nc2ccc(N3CCN(C(=O)CCCCCC(=O)N[C@H](C(=O)N4CCCC4C(=O)NCc4ccc(-c5scnc5C)cc4)C(C)(C)C)CC3)cc2)nc1Nc1cccc(S(=O)(=O)NC(C)(C)C)c1. The summed E-state index contributed by atoms with van der Waals surface area (Å²) >= 11 is 1.60. The van der Waals surface area contributed by atoms with E-state index in [-0.39, 0.29) is 34.9 Å². The second kappa shape index (κ2) is 23.6. The molecule has 1 unspecified atom stereocenters. The van der Waals surface area contributed by atoms with Gasteiger partial charge < -0.3 is 36.0 Å². The first kappa shape index (κ1) is 54.3. The van der Waals surface area contributed by atoms with Crippen LogP contribution >= 0.6 is 11.3 Å². The van der Waals surface area contributed by atoms with Crippen molar-refractivity contribution in [1.82, 2.24) is 40.1 Å². The van der Waals surface area contributed by atoms with Crippen LogP contribution in [0.1, 0.15) is 103 Å². The maximum Gasteiger partial charge on any atom is 0.246 e. The lowest BCUT2D eigenvalue weighted by Gasteiger charge is -2.36. The van der Waals surface area contributed by atoms with E-state index in [4.69, 9.17) is 0 Å². The van der Waals surface area contributed by atoms with Crippen LogP contribution in [0.4, 0.5) is 28.8 Å². The van der Waals surface area contributed by atoms with E-state index < -0.39 is 33.1 Å². The third-order valence-corrected chi connectivity index (χ3v) is 15.7. The van der Waals surface area contributed by atoms with Crippen LogP contribution in [-0.4, -0.2) is 107 Å². The summed E-state index contributed by atoms with van der Waals surface area (Å²) in [5, 5.41) is 12.5. The molecule has 19 heteroatoms. The summed E-state index contributed by atoms with van der Waals surface area (Å²) in [4.78, 5) is 74.5. The second-order valence-corrected chi connectivity index (χ2v) is 23.6. The Morgan fingerprint density at radius 1 is 0.808 bits per heavy atom. The summed E-state index contributed by atoms with van der Waals surface area (Å²) in [6.45, 7) is 18.4. The number of carbonyl (C=O) groups excluding carboxylic acids is 4. The standard InChI is InChI=1S/C54H71N11O6S2/c1-36-33-56-52(61-49(36)58-41-14-12-15-43(32-41)73(70,71)62-54(6,7)8)59-40-23-25-42(26-24-40)63-28-30-64(31-29-63)46(67)18-11-9-10-17-45(66)60-48(53(3,4)5)51(69)65-27-13-16-44(65)50(68)55-34-38-19-21-39(22-20-38)47-37(2)57-35-72-47/h12,14-15,19-26,32-33,35,44,48,62H,9-11,13,16-18,27-31,34H2,1-8H3,(H,55,68)(H,60,66)(H2,56,58,59,61)/t44?,48-/m1/s1. The number of anilines is 5. The topological polar surface area (TPSA) is 211 Å². The molecular weight excluding hydrogens is 963 g/mol. The Labute approximate surface area is 434 Å². The number of rotatable bonds is 19. The molecule has 0 saturated carbocycles. The summed E-state index contributed by atoms with van der Waals surface area (Å²) in [6, 6.07) is 21.2. The highest BCUT2D eigenvalue weighted by Gasteiger charge is 2.42. The average Bonchev–Trinajstić information content (AvgIpc) is 4.02. The normalized spacial score (nSPS) is 15.7.